The van der Waals surface area contributed by atoms with Crippen molar-refractivity contribution in [2.75, 3.05) is 19.5 Å². The molecule has 2 N–H and O–H groups in total. The van der Waals surface area contributed by atoms with Crippen molar-refractivity contribution in [3.63, 3.8) is 0 Å². The van der Waals surface area contributed by atoms with E-state index < -0.39 is 13.0 Å². The van der Waals surface area contributed by atoms with Crippen LogP contribution in [0.15, 0.2) is 18.2 Å². The van der Waals surface area contributed by atoms with Gasteiger partial charge in [0.1, 0.15) is 6.61 Å². The molecule has 0 aliphatic rings. The summed E-state index contributed by atoms with van der Waals surface area (Å²) in [6, 6.07) is 4.57. The van der Waals surface area contributed by atoms with Crippen molar-refractivity contribution >= 4 is 18.1 Å². The fraction of sp³-hybridized carbons (Fsp3) is 0.333. The minimum Gasteiger partial charge on any atom is -0.493 e. The molecule has 1 aromatic rings. The quantitative estimate of drug-likeness (QED) is 0.821. The summed E-state index contributed by atoms with van der Waals surface area (Å²) in [5, 5.41) is 0. The Bertz CT molecular complexity index is 310. The maximum absolute atomic E-state index is 11.8. The van der Waals surface area contributed by atoms with Crippen LogP contribution in [0.4, 0.5) is 14.5 Å². The number of nitrogen functional groups attached to an aromatic ring is 1. The second-order valence-electron chi connectivity index (χ2n) is 2.61. The van der Waals surface area contributed by atoms with E-state index >= 15 is 0 Å². The van der Waals surface area contributed by atoms with E-state index in [9.17, 15) is 8.78 Å². The van der Waals surface area contributed by atoms with Crippen molar-refractivity contribution < 1.29 is 18.3 Å². The molecule has 0 aliphatic carbocycles. The van der Waals surface area contributed by atoms with E-state index in [1.165, 1.54) is 19.2 Å². The molecule has 1 aromatic carbocycles. The van der Waals surface area contributed by atoms with Crippen LogP contribution in [0.3, 0.4) is 0 Å². The van der Waals surface area contributed by atoms with Crippen molar-refractivity contribution in [1.29, 1.82) is 0 Å². The Morgan fingerprint density at radius 1 is 1.33 bits per heavy atom. The molecule has 15 heavy (non-hydrogen) atoms. The van der Waals surface area contributed by atoms with Gasteiger partial charge in [-0.15, -0.1) is 12.4 Å². The summed E-state index contributed by atoms with van der Waals surface area (Å²) in [7, 11) is 1.42. The highest BCUT2D eigenvalue weighted by molar-refractivity contribution is 5.85. The minimum atomic E-state index is -2.50. The zero-order valence-corrected chi connectivity index (χ0v) is 8.89. The molecule has 0 unspecified atom stereocenters. The van der Waals surface area contributed by atoms with Crippen LogP contribution in [-0.4, -0.2) is 20.1 Å². The fourth-order valence-corrected chi connectivity index (χ4v) is 0.956. The number of anilines is 1. The summed E-state index contributed by atoms with van der Waals surface area (Å²) < 4.78 is 33.4. The zero-order valence-electron chi connectivity index (χ0n) is 8.07. The van der Waals surface area contributed by atoms with E-state index in [4.69, 9.17) is 15.2 Å². The molecule has 0 aromatic heterocycles. The molecule has 0 atom stereocenters. The average molecular weight is 240 g/mol. The Morgan fingerprint density at radius 3 is 2.53 bits per heavy atom. The predicted molar refractivity (Wildman–Crippen MR) is 56.2 cm³/mol. The fourth-order valence-electron chi connectivity index (χ4n) is 0.956. The number of nitrogens with two attached hydrogens (primary N) is 1. The molecular weight excluding hydrogens is 228 g/mol. The number of rotatable bonds is 4. The molecule has 0 fully saturated rings. The molecule has 0 amide bonds. The molecule has 0 saturated carbocycles. The molecule has 0 bridgehead atoms. The third-order valence-electron chi connectivity index (χ3n) is 1.55. The van der Waals surface area contributed by atoms with E-state index in [0.717, 1.165) is 0 Å². The van der Waals surface area contributed by atoms with Gasteiger partial charge in [0.15, 0.2) is 11.5 Å². The first-order valence-corrected chi connectivity index (χ1v) is 3.98. The largest absolute Gasteiger partial charge is 0.493 e. The van der Waals surface area contributed by atoms with Crippen LogP contribution in [-0.2, 0) is 0 Å². The van der Waals surface area contributed by atoms with Crippen molar-refractivity contribution in [2.24, 2.45) is 0 Å². The van der Waals surface area contributed by atoms with Crippen molar-refractivity contribution in [1.82, 2.24) is 0 Å². The zero-order chi connectivity index (χ0) is 10.6. The Kier molecular flexibility index (Phi) is 5.77. The monoisotopic (exact) mass is 239 g/mol. The van der Waals surface area contributed by atoms with Crippen molar-refractivity contribution in [3.05, 3.63) is 18.2 Å². The molecule has 0 radical (unpaired) electrons. The average Bonchev–Trinajstić information content (AvgIpc) is 2.15. The maximum Gasteiger partial charge on any atom is 0.272 e. The Labute approximate surface area is 92.6 Å². The predicted octanol–water partition coefficient (Wildman–Crippen LogP) is 2.34. The Hall–Kier alpha value is -1.23. The van der Waals surface area contributed by atoms with Gasteiger partial charge >= 0.3 is 0 Å². The van der Waals surface area contributed by atoms with Gasteiger partial charge in [-0.05, 0) is 12.1 Å². The van der Waals surface area contributed by atoms with Gasteiger partial charge in [-0.3, -0.25) is 0 Å². The molecular formula is C9H12ClF2NO2. The molecule has 86 valence electrons. The standard InChI is InChI=1S/C9H11F2NO2.ClH/c1-13-8-4-6(12)2-3-7(8)14-5-9(10)11;/h2-4,9H,5,12H2,1H3;1H. The third-order valence-corrected chi connectivity index (χ3v) is 1.55. The van der Waals surface area contributed by atoms with Crippen LogP contribution in [0.5, 0.6) is 11.5 Å². The van der Waals surface area contributed by atoms with Gasteiger partial charge in [0.05, 0.1) is 7.11 Å². The summed E-state index contributed by atoms with van der Waals surface area (Å²) >= 11 is 0. The van der Waals surface area contributed by atoms with Crippen LogP contribution in [0.25, 0.3) is 0 Å². The summed E-state index contributed by atoms with van der Waals surface area (Å²) in [4.78, 5) is 0. The second-order valence-corrected chi connectivity index (χ2v) is 2.61. The minimum absolute atomic E-state index is 0. The van der Waals surface area contributed by atoms with Crippen LogP contribution < -0.4 is 15.2 Å². The SMILES string of the molecule is COc1cc(N)ccc1OCC(F)F.Cl. The second kappa shape index (κ2) is 6.29. The molecule has 0 spiro atoms. The first kappa shape index (κ1) is 13.8. The topological polar surface area (TPSA) is 44.5 Å². The van der Waals surface area contributed by atoms with Crippen LogP contribution in [0.2, 0.25) is 0 Å². The van der Waals surface area contributed by atoms with Crippen molar-refractivity contribution in [2.45, 2.75) is 6.43 Å². The lowest BCUT2D eigenvalue weighted by molar-refractivity contribution is 0.0804. The first-order chi connectivity index (χ1) is 6.63. The summed E-state index contributed by atoms with van der Waals surface area (Å²) in [6.45, 7) is -0.653. The summed E-state index contributed by atoms with van der Waals surface area (Å²) in [5.41, 5.74) is 5.97. The van der Waals surface area contributed by atoms with E-state index in [1.54, 1.807) is 6.07 Å². The number of hydrogen-bond acceptors (Lipinski definition) is 3. The molecule has 0 heterocycles. The molecule has 0 aliphatic heterocycles. The number of ether oxygens (including phenoxy) is 2. The van der Waals surface area contributed by atoms with Gasteiger partial charge < -0.3 is 15.2 Å². The van der Waals surface area contributed by atoms with E-state index in [-0.39, 0.29) is 18.2 Å². The number of hydrogen-bond donors (Lipinski definition) is 1. The summed E-state index contributed by atoms with van der Waals surface area (Å²) in [5.74, 6) is 0.618. The molecule has 3 nitrogen and oxygen atoms in total. The van der Waals surface area contributed by atoms with Gasteiger partial charge in [-0.1, -0.05) is 0 Å². The molecule has 6 heteroatoms. The summed E-state index contributed by atoms with van der Waals surface area (Å²) in [6.07, 6.45) is -2.50. The normalized spacial score (nSPS) is 9.60. The molecule has 0 saturated heterocycles. The highest BCUT2D eigenvalue weighted by atomic mass is 35.5. The van der Waals surface area contributed by atoms with Crippen LogP contribution >= 0.6 is 12.4 Å². The lowest BCUT2D eigenvalue weighted by atomic mass is 10.3. The van der Waals surface area contributed by atoms with Gasteiger partial charge in [0.25, 0.3) is 6.43 Å². The molecule has 1 rings (SSSR count). The van der Waals surface area contributed by atoms with Gasteiger partial charge in [-0.25, -0.2) is 8.78 Å². The first-order valence-electron chi connectivity index (χ1n) is 3.98. The smallest absolute Gasteiger partial charge is 0.272 e. The van der Waals surface area contributed by atoms with E-state index in [2.05, 4.69) is 0 Å². The number of alkyl halides is 2. The lowest BCUT2D eigenvalue weighted by Crippen LogP contribution is -2.07. The van der Waals surface area contributed by atoms with Gasteiger partial charge in [-0.2, -0.15) is 0 Å². The third kappa shape index (κ3) is 4.20. The van der Waals surface area contributed by atoms with Gasteiger partial charge in [0.2, 0.25) is 0 Å². The van der Waals surface area contributed by atoms with E-state index in [0.29, 0.717) is 11.4 Å². The lowest BCUT2D eigenvalue weighted by Gasteiger charge is -2.10. The van der Waals surface area contributed by atoms with Crippen LogP contribution in [0.1, 0.15) is 0 Å². The van der Waals surface area contributed by atoms with Crippen LogP contribution in [0, 0.1) is 0 Å². The maximum atomic E-state index is 11.8. The van der Waals surface area contributed by atoms with Gasteiger partial charge in [0, 0.05) is 11.8 Å². The Balaban J connectivity index is 0.00000196. The number of halogens is 3. The highest BCUT2D eigenvalue weighted by Gasteiger charge is 2.08. The van der Waals surface area contributed by atoms with E-state index in [1.807, 2.05) is 0 Å². The highest BCUT2D eigenvalue weighted by Crippen LogP contribution is 2.29. The number of methoxy groups -OCH3 is 1. The Morgan fingerprint density at radius 2 is 2.00 bits per heavy atom. The van der Waals surface area contributed by atoms with Crippen molar-refractivity contribution in [3.8, 4) is 11.5 Å². The number of benzene rings is 1.